The van der Waals surface area contributed by atoms with E-state index in [0.29, 0.717) is 0 Å². The molecule has 0 aromatic rings. The average Bonchev–Trinajstić information content (AvgIpc) is 1.63. The Hall–Kier alpha value is -0.800. The van der Waals surface area contributed by atoms with E-state index in [1.54, 1.807) is 0 Å². The summed E-state index contributed by atoms with van der Waals surface area (Å²) in [7, 11) is 0. The van der Waals surface area contributed by atoms with Crippen molar-refractivity contribution in [1.82, 2.24) is 0 Å². The van der Waals surface area contributed by atoms with E-state index in [-0.39, 0.29) is 6.42 Å². The van der Waals surface area contributed by atoms with Gasteiger partial charge in [-0.1, -0.05) is 0 Å². The van der Waals surface area contributed by atoms with Crippen molar-refractivity contribution < 1.29 is 19.0 Å². The van der Waals surface area contributed by atoms with E-state index >= 15 is 0 Å². The molecule has 0 fully saturated rings. The van der Waals surface area contributed by atoms with E-state index in [1.807, 2.05) is 0 Å². The van der Waals surface area contributed by atoms with Gasteiger partial charge in [0.2, 0.25) is 0 Å². The molecule has 0 aliphatic rings. The molecule has 0 aromatic heterocycles. The van der Waals surface area contributed by atoms with Crippen molar-refractivity contribution in [2.45, 2.75) is 19.4 Å². The standard InChI is InChI=1S/C5H9FO3/c1-4(2-3-6)9-5(7)8/h4H,2-3H2,1H3,(H,7,8). The Kier molecular flexibility index (Phi) is 3.75. The molecule has 0 saturated heterocycles. The second-order valence-corrected chi connectivity index (χ2v) is 1.67. The van der Waals surface area contributed by atoms with Crippen LogP contribution in [0.1, 0.15) is 13.3 Å². The van der Waals surface area contributed by atoms with Crippen LogP contribution in [0.15, 0.2) is 0 Å². The Labute approximate surface area is 52.4 Å². The number of carbonyl (C=O) groups is 1. The Bertz CT molecular complexity index is 94.2. The van der Waals surface area contributed by atoms with E-state index in [1.165, 1.54) is 6.92 Å². The summed E-state index contributed by atoms with van der Waals surface area (Å²) in [5.74, 6) is 0. The molecule has 0 saturated carbocycles. The number of ether oxygens (including phenoxy) is 1. The van der Waals surface area contributed by atoms with Crippen molar-refractivity contribution in [3.8, 4) is 0 Å². The highest BCUT2D eigenvalue weighted by Gasteiger charge is 2.05. The minimum Gasteiger partial charge on any atom is -0.450 e. The van der Waals surface area contributed by atoms with Gasteiger partial charge >= 0.3 is 6.16 Å². The zero-order valence-electron chi connectivity index (χ0n) is 5.13. The van der Waals surface area contributed by atoms with Gasteiger partial charge in [0.25, 0.3) is 0 Å². The predicted octanol–water partition coefficient (Wildman–Crippen LogP) is 1.43. The van der Waals surface area contributed by atoms with Crippen molar-refractivity contribution in [3.05, 3.63) is 0 Å². The molecule has 4 heteroatoms. The van der Waals surface area contributed by atoms with E-state index in [2.05, 4.69) is 4.74 Å². The van der Waals surface area contributed by atoms with Gasteiger partial charge in [0.1, 0.15) is 6.10 Å². The van der Waals surface area contributed by atoms with Gasteiger partial charge < -0.3 is 9.84 Å². The zero-order chi connectivity index (χ0) is 7.28. The summed E-state index contributed by atoms with van der Waals surface area (Å²) in [6, 6.07) is 0. The highest BCUT2D eigenvalue weighted by atomic mass is 19.1. The van der Waals surface area contributed by atoms with Crippen LogP contribution in [0.2, 0.25) is 0 Å². The molecule has 0 aliphatic heterocycles. The van der Waals surface area contributed by atoms with E-state index in [9.17, 15) is 9.18 Å². The quantitative estimate of drug-likeness (QED) is 0.597. The van der Waals surface area contributed by atoms with Gasteiger partial charge in [-0.05, 0) is 6.92 Å². The third-order valence-corrected chi connectivity index (χ3v) is 0.818. The molecule has 9 heavy (non-hydrogen) atoms. The first kappa shape index (κ1) is 8.20. The minimum atomic E-state index is -1.35. The van der Waals surface area contributed by atoms with Gasteiger partial charge in [0, 0.05) is 6.42 Å². The van der Waals surface area contributed by atoms with E-state index < -0.39 is 18.9 Å². The van der Waals surface area contributed by atoms with Crippen molar-refractivity contribution in [2.75, 3.05) is 6.67 Å². The fourth-order valence-electron chi connectivity index (χ4n) is 0.385. The van der Waals surface area contributed by atoms with Gasteiger partial charge in [-0.2, -0.15) is 0 Å². The average molecular weight is 136 g/mol. The lowest BCUT2D eigenvalue weighted by Gasteiger charge is -2.05. The molecule has 0 aromatic carbocycles. The van der Waals surface area contributed by atoms with Crippen LogP contribution in [0.3, 0.4) is 0 Å². The molecule has 0 aliphatic carbocycles. The Morgan fingerprint density at radius 1 is 1.89 bits per heavy atom. The van der Waals surface area contributed by atoms with Crippen LogP contribution in [-0.2, 0) is 4.74 Å². The van der Waals surface area contributed by atoms with Crippen LogP contribution >= 0.6 is 0 Å². The molecule has 1 N–H and O–H groups in total. The van der Waals surface area contributed by atoms with Gasteiger partial charge in [-0.3, -0.25) is 4.39 Å². The molecule has 3 nitrogen and oxygen atoms in total. The fraction of sp³-hybridized carbons (Fsp3) is 0.800. The van der Waals surface area contributed by atoms with Crippen LogP contribution in [0, 0.1) is 0 Å². The summed E-state index contributed by atoms with van der Waals surface area (Å²) in [6.07, 6.45) is -1.75. The van der Waals surface area contributed by atoms with Crippen LogP contribution < -0.4 is 0 Å². The SMILES string of the molecule is CC(CCF)OC(=O)O. The van der Waals surface area contributed by atoms with E-state index in [4.69, 9.17) is 5.11 Å². The normalized spacial score (nSPS) is 12.7. The summed E-state index contributed by atoms with van der Waals surface area (Å²) < 4.78 is 15.6. The lowest BCUT2D eigenvalue weighted by Crippen LogP contribution is -2.13. The Morgan fingerprint density at radius 2 is 2.44 bits per heavy atom. The Morgan fingerprint density at radius 3 is 2.78 bits per heavy atom. The predicted molar refractivity (Wildman–Crippen MR) is 29.2 cm³/mol. The monoisotopic (exact) mass is 136 g/mol. The molecule has 0 amide bonds. The maximum absolute atomic E-state index is 11.4. The number of hydrogen-bond acceptors (Lipinski definition) is 2. The smallest absolute Gasteiger partial charge is 0.450 e. The van der Waals surface area contributed by atoms with Gasteiger partial charge in [-0.25, -0.2) is 4.79 Å². The molecule has 1 unspecified atom stereocenters. The van der Waals surface area contributed by atoms with Crippen LogP contribution in [0.5, 0.6) is 0 Å². The number of hydrogen-bond donors (Lipinski definition) is 1. The number of carboxylic acid groups (broad SMARTS) is 1. The van der Waals surface area contributed by atoms with Crippen molar-refractivity contribution in [3.63, 3.8) is 0 Å². The number of rotatable bonds is 3. The summed E-state index contributed by atoms with van der Waals surface area (Å²) in [5.41, 5.74) is 0. The molecule has 0 heterocycles. The number of alkyl halides is 1. The highest BCUT2D eigenvalue weighted by Crippen LogP contribution is 1.96. The maximum atomic E-state index is 11.4. The van der Waals surface area contributed by atoms with E-state index in [0.717, 1.165) is 0 Å². The molecule has 1 atom stereocenters. The van der Waals surface area contributed by atoms with Crippen LogP contribution in [0.25, 0.3) is 0 Å². The molecular formula is C5H9FO3. The lowest BCUT2D eigenvalue weighted by atomic mass is 10.3. The van der Waals surface area contributed by atoms with Gasteiger partial charge in [-0.15, -0.1) is 0 Å². The molecule has 0 radical (unpaired) electrons. The van der Waals surface area contributed by atoms with Crippen molar-refractivity contribution in [2.24, 2.45) is 0 Å². The fourth-order valence-corrected chi connectivity index (χ4v) is 0.385. The van der Waals surface area contributed by atoms with Gasteiger partial charge in [0.05, 0.1) is 6.67 Å². The maximum Gasteiger partial charge on any atom is 0.506 e. The first-order valence-corrected chi connectivity index (χ1v) is 2.62. The van der Waals surface area contributed by atoms with Crippen LogP contribution in [-0.4, -0.2) is 24.0 Å². The molecule has 0 bridgehead atoms. The van der Waals surface area contributed by atoms with Crippen molar-refractivity contribution >= 4 is 6.16 Å². The summed E-state index contributed by atoms with van der Waals surface area (Å²) in [6.45, 7) is 0.960. The van der Waals surface area contributed by atoms with Crippen LogP contribution in [0.4, 0.5) is 9.18 Å². The Balaban J connectivity index is 3.26. The third kappa shape index (κ3) is 5.06. The molecular weight excluding hydrogens is 127 g/mol. The summed E-state index contributed by atoms with van der Waals surface area (Å²) in [5, 5.41) is 7.97. The topological polar surface area (TPSA) is 46.5 Å². The largest absolute Gasteiger partial charge is 0.506 e. The second-order valence-electron chi connectivity index (χ2n) is 1.67. The first-order chi connectivity index (χ1) is 4.16. The molecule has 0 rings (SSSR count). The van der Waals surface area contributed by atoms with Gasteiger partial charge in [0.15, 0.2) is 0 Å². The highest BCUT2D eigenvalue weighted by molar-refractivity contribution is 5.56. The summed E-state index contributed by atoms with van der Waals surface area (Å²) >= 11 is 0. The molecule has 0 spiro atoms. The second kappa shape index (κ2) is 4.12. The van der Waals surface area contributed by atoms with Crippen molar-refractivity contribution in [1.29, 1.82) is 0 Å². The minimum absolute atomic E-state index is 0.131. The summed E-state index contributed by atoms with van der Waals surface area (Å²) in [4.78, 5) is 9.74. The first-order valence-electron chi connectivity index (χ1n) is 2.62. The zero-order valence-corrected chi connectivity index (χ0v) is 5.13. The third-order valence-electron chi connectivity index (χ3n) is 0.818. The lowest BCUT2D eigenvalue weighted by molar-refractivity contribution is 0.0533. The molecule has 54 valence electrons. The number of halogens is 1.